The molecule has 1 atom stereocenters. The van der Waals surface area contributed by atoms with Crippen molar-refractivity contribution in [2.45, 2.75) is 25.6 Å². The maximum absolute atomic E-state index is 13.1. The number of hydrogen-bond acceptors (Lipinski definition) is 5. The topological polar surface area (TPSA) is 81.6 Å². The van der Waals surface area contributed by atoms with E-state index in [1.807, 2.05) is 10.6 Å². The minimum absolute atomic E-state index is 0.214. The van der Waals surface area contributed by atoms with E-state index in [9.17, 15) is 9.65 Å². The highest BCUT2D eigenvalue weighted by Crippen LogP contribution is 2.31. The number of imidazole rings is 1. The number of benzene rings is 1. The van der Waals surface area contributed by atoms with E-state index in [1.165, 1.54) is 12.2 Å². The molecular weight excluding hydrogens is 395 g/mol. The summed E-state index contributed by atoms with van der Waals surface area (Å²) < 4.78 is 22.6. The van der Waals surface area contributed by atoms with Gasteiger partial charge in [-0.15, -0.1) is 5.10 Å². The molecule has 1 unspecified atom stereocenters. The molecule has 0 saturated carbocycles. The first-order chi connectivity index (χ1) is 14.1. The van der Waals surface area contributed by atoms with Gasteiger partial charge in [0, 0.05) is 11.4 Å². The van der Waals surface area contributed by atoms with Crippen LogP contribution in [0, 0.1) is 11.3 Å². The van der Waals surface area contributed by atoms with Gasteiger partial charge in [0.15, 0.2) is 5.69 Å². The van der Waals surface area contributed by atoms with Gasteiger partial charge in [-0.1, -0.05) is 22.9 Å². The van der Waals surface area contributed by atoms with Gasteiger partial charge < -0.3 is 4.74 Å². The Labute approximate surface area is 170 Å². The third-order valence-corrected chi connectivity index (χ3v) is 5.26. The summed E-state index contributed by atoms with van der Waals surface area (Å²) >= 11 is 6.23. The zero-order valence-corrected chi connectivity index (χ0v) is 15.8. The molecule has 0 amide bonds. The van der Waals surface area contributed by atoms with Crippen LogP contribution in [0.5, 0.6) is 0 Å². The van der Waals surface area contributed by atoms with Crippen LogP contribution in [0.15, 0.2) is 48.6 Å². The lowest BCUT2D eigenvalue weighted by Crippen LogP contribution is -2.12. The van der Waals surface area contributed by atoms with Crippen molar-refractivity contribution in [2.24, 2.45) is 0 Å². The van der Waals surface area contributed by atoms with Gasteiger partial charge >= 0.3 is 0 Å². The number of ether oxygens (including phenoxy) is 1. The Hall–Kier alpha value is -3.28. The van der Waals surface area contributed by atoms with E-state index in [2.05, 4.69) is 21.4 Å². The van der Waals surface area contributed by atoms with E-state index in [0.717, 1.165) is 22.8 Å². The summed E-state index contributed by atoms with van der Waals surface area (Å²) in [5.41, 5.74) is 4.10. The van der Waals surface area contributed by atoms with Gasteiger partial charge in [-0.05, 0) is 36.8 Å². The van der Waals surface area contributed by atoms with Crippen LogP contribution in [0.4, 0.5) is 4.39 Å². The molecule has 1 aliphatic heterocycles. The van der Waals surface area contributed by atoms with Crippen molar-refractivity contribution in [3.05, 3.63) is 76.4 Å². The number of hydrogen-bond donors (Lipinski definition) is 0. The van der Waals surface area contributed by atoms with E-state index in [0.29, 0.717) is 29.3 Å². The number of nitrogens with zero attached hydrogens (tertiary/aromatic N) is 6. The zero-order chi connectivity index (χ0) is 20.0. The first-order valence-electron chi connectivity index (χ1n) is 8.99. The first kappa shape index (κ1) is 17.8. The van der Waals surface area contributed by atoms with Gasteiger partial charge in [0.05, 0.1) is 35.5 Å². The molecule has 1 aliphatic carbocycles. The largest absolute Gasteiger partial charge is 0.367 e. The molecule has 1 aromatic carbocycles. The number of fused-ring (bicyclic) bond motifs is 5. The Bertz CT molecular complexity index is 1220. The highest BCUT2D eigenvalue weighted by molar-refractivity contribution is 6.30. The van der Waals surface area contributed by atoms with Crippen molar-refractivity contribution in [3.63, 3.8) is 0 Å². The summed E-state index contributed by atoms with van der Waals surface area (Å²) in [6, 6.07) is 7.60. The molecule has 0 N–H and O–H groups in total. The zero-order valence-electron chi connectivity index (χ0n) is 15.1. The van der Waals surface area contributed by atoms with Crippen LogP contribution in [-0.4, -0.2) is 30.6 Å². The first-order valence-corrected chi connectivity index (χ1v) is 9.37. The molecule has 0 spiro atoms. The fourth-order valence-corrected chi connectivity index (χ4v) is 3.74. The second-order valence-electron chi connectivity index (χ2n) is 6.76. The Morgan fingerprint density at radius 1 is 1.31 bits per heavy atom. The maximum atomic E-state index is 13.1. The van der Waals surface area contributed by atoms with Crippen molar-refractivity contribution in [1.82, 2.24) is 24.5 Å². The van der Waals surface area contributed by atoms with Crippen molar-refractivity contribution >= 4 is 11.6 Å². The van der Waals surface area contributed by atoms with Gasteiger partial charge in [-0.2, -0.15) is 5.26 Å². The second kappa shape index (κ2) is 6.95. The molecule has 5 rings (SSSR count). The number of rotatable bonds is 3. The van der Waals surface area contributed by atoms with E-state index in [-0.39, 0.29) is 18.5 Å². The lowest BCUT2D eigenvalue weighted by Gasteiger charge is -2.14. The number of aromatic nitrogens is 5. The maximum Gasteiger partial charge on any atom is 0.162 e. The molecule has 144 valence electrons. The fourth-order valence-electron chi connectivity index (χ4n) is 3.57. The smallest absolute Gasteiger partial charge is 0.162 e. The minimum atomic E-state index is -0.256. The molecule has 3 aromatic rings. The lowest BCUT2D eigenvalue weighted by molar-refractivity contribution is 0.0699. The SMILES string of the molecule is N#Cc1ncn2c1Cc1c(COC3C=CC(F)=CC3)nnn1-c1cc(Cl)ccc1-2. The lowest BCUT2D eigenvalue weighted by atomic mass is 10.1. The van der Waals surface area contributed by atoms with Crippen molar-refractivity contribution < 1.29 is 9.13 Å². The van der Waals surface area contributed by atoms with Crippen LogP contribution in [0.25, 0.3) is 11.4 Å². The quantitative estimate of drug-likeness (QED) is 0.517. The Kier molecular flexibility index (Phi) is 4.27. The average molecular weight is 409 g/mol. The van der Waals surface area contributed by atoms with E-state index in [1.54, 1.807) is 29.2 Å². The molecule has 2 aliphatic rings. The molecule has 7 nitrogen and oxygen atoms in total. The van der Waals surface area contributed by atoms with Crippen molar-refractivity contribution in [1.29, 1.82) is 5.26 Å². The van der Waals surface area contributed by atoms with Gasteiger partial charge in [0.25, 0.3) is 0 Å². The molecule has 3 heterocycles. The van der Waals surface area contributed by atoms with Crippen LogP contribution in [0.1, 0.15) is 29.2 Å². The highest BCUT2D eigenvalue weighted by Gasteiger charge is 2.26. The van der Waals surface area contributed by atoms with Crippen LogP contribution in [0.2, 0.25) is 5.02 Å². The third kappa shape index (κ3) is 3.05. The summed E-state index contributed by atoms with van der Waals surface area (Å²) in [7, 11) is 0. The van der Waals surface area contributed by atoms with Crippen molar-refractivity contribution in [3.8, 4) is 17.4 Å². The van der Waals surface area contributed by atoms with Crippen LogP contribution >= 0.6 is 11.6 Å². The summed E-state index contributed by atoms with van der Waals surface area (Å²) in [6.07, 6.45) is 6.87. The standard InChI is InChI=1S/C20H14ClFN6O/c21-12-1-6-17-20(7-12)28-19(8-18-15(9-23)24-11-27(17)18)16(25-26-28)10-29-14-4-2-13(22)3-5-14/h1-4,6-7,11,14H,5,8,10H2. The number of halogens is 2. The Morgan fingerprint density at radius 3 is 3.00 bits per heavy atom. The summed E-state index contributed by atoms with van der Waals surface area (Å²) in [6.45, 7) is 0.214. The summed E-state index contributed by atoms with van der Waals surface area (Å²) in [5.74, 6) is -0.256. The normalized spacial score (nSPS) is 17.0. The Morgan fingerprint density at radius 2 is 2.21 bits per heavy atom. The predicted octanol–water partition coefficient (Wildman–Crippen LogP) is 3.58. The number of nitriles is 1. The Balaban J connectivity index is 1.55. The predicted molar refractivity (Wildman–Crippen MR) is 103 cm³/mol. The molecular formula is C20H14ClFN6O. The van der Waals surface area contributed by atoms with E-state index < -0.39 is 0 Å². The van der Waals surface area contributed by atoms with E-state index in [4.69, 9.17) is 16.3 Å². The van der Waals surface area contributed by atoms with Gasteiger partial charge in [-0.25, -0.2) is 14.1 Å². The number of allylic oxidation sites excluding steroid dienone is 2. The van der Waals surface area contributed by atoms with Gasteiger partial charge in [-0.3, -0.25) is 4.57 Å². The van der Waals surface area contributed by atoms with Crippen LogP contribution in [-0.2, 0) is 17.8 Å². The van der Waals surface area contributed by atoms with Crippen molar-refractivity contribution in [2.75, 3.05) is 0 Å². The summed E-state index contributed by atoms with van der Waals surface area (Å²) in [5, 5.41) is 18.7. The van der Waals surface area contributed by atoms with Crippen LogP contribution in [0.3, 0.4) is 0 Å². The highest BCUT2D eigenvalue weighted by atomic mass is 35.5. The summed E-state index contributed by atoms with van der Waals surface area (Å²) in [4.78, 5) is 4.23. The van der Waals surface area contributed by atoms with Crippen LogP contribution < -0.4 is 0 Å². The second-order valence-corrected chi connectivity index (χ2v) is 7.20. The third-order valence-electron chi connectivity index (χ3n) is 5.03. The minimum Gasteiger partial charge on any atom is -0.367 e. The molecule has 0 saturated heterocycles. The van der Waals surface area contributed by atoms with Gasteiger partial charge in [0.2, 0.25) is 0 Å². The average Bonchev–Trinajstić information content (AvgIpc) is 3.29. The molecule has 2 aromatic heterocycles. The molecule has 0 bridgehead atoms. The van der Waals surface area contributed by atoms with E-state index >= 15 is 0 Å². The monoisotopic (exact) mass is 408 g/mol. The molecule has 9 heteroatoms. The van der Waals surface area contributed by atoms with Gasteiger partial charge in [0.1, 0.15) is 23.9 Å². The molecule has 0 fully saturated rings. The molecule has 0 radical (unpaired) electrons. The fraction of sp³-hybridized carbons (Fsp3) is 0.200. The molecule has 29 heavy (non-hydrogen) atoms.